The van der Waals surface area contributed by atoms with Crippen LogP contribution < -0.4 is 9.64 Å². The molecule has 1 aliphatic carbocycles. The van der Waals surface area contributed by atoms with Crippen molar-refractivity contribution in [1.82, 2.24) is 0 Å². The van der Waals surface area contributed by atoms with Crippen LogP contribution in [0.25, 0.3) is 5.57 Å². The fourth-order valence-corrected chi connectivity index (χ4v) is 3.52. The molecule has 0 atom stereocenters. The number of carbonyl (C=O) groups is 1. The zero-order valence-corrected chi connectivity index (χ0v) is 15.6. The first-order valence-electron chi connectivity index (χ1n) is 8.79. The smallest absolute Gasteiger partial charge is 0.344 e. The van der Waals surface area contributed by atoms with Crippen LogP contribution in [0, 0.1) is 17.5 Å². The van der Waals surface area contributed by atoms with Crippen molar-refractivity contribution < 1.29 is 27.4 Å². The molecular formula is C22H16F3NO3. The number of carbonyl (C=O) groups excluding carboxylic acids is 1. The molecule has 0 radical (unpaired) electrons. The van der Waals surface area contributed by atoms with Crippen LogP contribution in [0.4, 0.5) is 18.9 Å². The SMILES string of the molecule is COC1=CC=C2C(=C(C(=O)Oc3c(F)ccc(F)c3F)c3ccccc3N2C)C1. The van der Waals surface area contributed by atoms with E-state index in [1.54, 1.807) is 24.3 Å². The number of hydrogen-bond donors (Lipinski definition) is 0. The van der Waals surface area contributed by atoms with Crippen molar-refractivity contribution in [2.24, 2.45) is 0 Å². The summed E-state index contributed by atoms with van der Waals surface area (Å²) in [6.45, 7) is 0. The number of methoxy groups -OCH3 is 1. The molecular weight excluding hydrogens is 383 g/mol. The number of likely N-dealkylation sites (N-methyl/N-ethyl adjacent to an activating group) is 1. The number of ether oxygens (including phenoxy) is 2. The quantitative estimate of drug-likeness (QED) is 0.425. The van der Waals surface area contributed by atoms with Crippen LogP contribution in [-0.2, 0) is 9.53 Å². The second-order valence-corrected chi connectivity index (χ2v) is 6.56. The maximum atomic E-state index is 14.0. The van der Waals surface area contributed by atoms with Crippen molar-refractivity contribution in [3.63, 3.8) is 0 Å². The third-order valence-electron chi connectivity index (χ3n) is 4.95. The Morgan fingerprint density at radius 1 is 1.03 bits per heavy atom. The number of fused-ring (bicyclic) bond motifs is 2. The zero-order chi connectivity index (χ0) is 20.7. The van der Waals surface area contributed by atoms with Crippen molar-refractivity contribution in [2.75, 3.05) is 19.1 Å². The highest BCUT2D eigenvalue weighted by Gasteiger charge is 2.34. The maximum absolute atomic E-state index is 14.0. The highest BCUT2D eigenvalue weighted by atomic mass is 19.2. The van der Waals surface area contributed by atoms with Crippen LogP contribution in [0.2, 0.25) is 0 Å². The fourth-order valence-electron chi connectivity index (χ4n) is 3.52. The molecule has 0 unspecified atom stereocenters. The van der Waals surface area contributed by atoms with E-state index in [1.807, 2.05) is 24.1 Å². The van der Waals surface area contributed by atoms with Gasteiger partial charge in [0.05, 0.1) is 12.7 Å². The van der Waals surface area contributed by atoms with Crippen LogP contribution >= 0.6 is 0 Å². The molecule has 4 rings (SSSR count). The Morgan fingerprint density at radius 3 is 2.52 bits per heavy atom. The Bertz CT molecular complexity index is 1120. The van der Waals surface area contributed by atoms with Crippen molar-refractivity contribution >= 4 is 17.2 Å². The molecule has 2 aromatic carbocycles. The van der Waals surface area contributed by atoms with E-state index in [-0.39, 0.29) is 5.57 Å². The summed E-state index contributed by atoms with van der Waals surface area (Å²) in [5, 5.41) is 0. The lowest BCUT2D eigenvalue weighted by Crippen LogP contribution is -2.28. The molecule has 1 heterocycles. The van der Waals surface area contributed by atoms with E-state index in [2.05, 4.69) is 0 Å². The third kappa shape index (κ3) is 3.08. The Hall–Kier alpha value is -3.48. The van der Waals surface area contributed by atoms with E-state index in [0.717, 1.165) is 11.4 Å². The number of hydrogen-bond acceptors (Lipinski definition) is 4. The minimum absolute atomic E-state index is 0.149. The van der Waals surface area contributed by atoms with Crippen molar-refractivity contribution in [3.05, 3.63) is 88.6 Å². The van der Waals surface area contributed by atoms with Gasteiger partial charge < -0.3 is 14.4 Å². The summed E-state index contributed by atoms with van der Waals surface area (Å²) >= 11 is 0. The summed E-state index contributed by atoms with van der Waals surface area (Å²) in [4.78, 5) is 15.0. The van der Waals surface area contributed by atoms with Gasteiger partial charge >= 0.3 is 5.97 Å². The zero-order valence-electron chi connectivity index (χ0n) is 15.6. The van der Waals surface area contributed by atoms with E-state index in [0.29, 0.717) is 35.4 Å². The first-order valence-corrected chi connectivity index (χ1v) is 8.79. The number of allylic oxidation sites excluding steroid dienone is 4. The summed E-state index contributed by atoms with van der Waals surface area (Å²) in [6, 6.07) is 8.43. The molecule has 7 heteroatoms. The van der Waals surface area contributed by atoms with Gasteiger partial charge in [-0.05, 0) is 35.9 Å². The topological polar surface area (TPSA) is 38.8 Å². The van der Waals surface area contributed by atoms with Gasteiger partial charge in [0.25, 0.3) is 0 Å². The molecule has 0 spiro atoms. The first-order chi connectivity index (χ1) is 13.9. The van der Waals surface area contributed by atoms with Crippen LogP contribution in [0.1, 0.15) is 12.0 Å². The second-order valence-electron chi connectivity index (χ2n) is 6.56. The molecule has 2 aromatic rings. The van der Waals surface area contributed by atoms with E-state index in [4.69, 9.17) is 9.47 Å². The van der Waals surface area contributed by atoms with Crippen molar-refractivity contribution in [2.45, 2.75) is 6.42 Å². The molecule has 0 saturated carbocycles. The summed E-state index contributed by atoms with van der Waals surface area (Å²) in [7, 11) is 3.37. The number of benzene rings is 2. The molecule has 1 aliphatic heterocycles. The van der Waals surface area contributed by atoms with Crippen LogP contribution in [0.5, 0.6) is 5.75 Å². The monoisotopic (exact) mass is 399 g/mol. The maximum Gasteiger partial charge on any atom is 0.344 e. The highest BCUT2D eigenvalue weighted by Crippen LogP contribution is 2.44. The Morgan fingerprint density at radius 2 is 1.76 bits per heavy atom. The molecule has 2 aliphatic rings. The highest BCUT2D eigenvalue weighted by molar-refractivity contribution is 6.22. The van der Waals surface area contributed by atoms with Gasteiger partial charge in [0.15, 0.2) is 11.6 Å². The van der Waals surface area contributed by atoms with E-state index in [1.165, 1.54) is 7.11 Å². The third-order valence-corrected chi connectivity index (χ3v) is 4.95. The van der Waals surface area contributed by atoms with Crippen molar-refractivity contribution in [3.8, 4) is 5.75 Å². The Labute approximate surface area is 165 Å². The van der Waals surface area contributed by atoms with Crippen molar-refractivity contribution in [1.29, 1.82) is 0 Å². The number of anilines is 1. The predicted molar refractivity (Wildman–Crippen MR) is 102 cm³/mol. The molecule has 0 fully saturated rings. The number of nitrogens with zero attached hydrogens (tertiary/aromatic N) is 1. The average molecular weight is 399 g/mol. The number of halogens is 3. The molecule has 0 bridgehead atoms. The standard InChI is InChI=1S/C22H16F3NO3/c1-26-17-6-4-3-5-13(17)19(14-11-12(28-2)7-10-18(14)26)22(27)29-21-16(24)9-8-15(23)20(21)25/h3-10H,11H2,1-2H3. The van der Waals surface area contributed by atoms with Gasteiger partial charge in [-0.1, -0.05) is 18.2 Å². The lowest BCUT2D eigenvalue weighted by Gasteiger charge is -2.35. The van der Waals surface area contributed by atoms with Gasteiger partial charge in [-0.2, -0.15) is 4.39 Å². The van der Waals surface area contributed by atoms with Crippen LogP contribution in [0.3, 0.4) is 0 Å². The van der Waals surface area contributed by atoms with Gasteiger partial charge in [0, 0.05) is 30.4 Å². The molecule has 0 amide bonds. The van der Waals surface area contributed by atoms with Gasteiger partial charge in [-0.3, -0.25) is 0 Å². The minimum atomic E-state index is -1.55. The second kappa shape index (κ2) is 7.16. The fraction of sp³-hybridized carbons (Fsp3) is 0.136. The van der Waals surface area contributed by atoms with E-state index < -0.39 is 29.2 Å². The summed E-state index contributed by atoms with van der Waals surface area (Å²) in [5.41, 5.74) is 2.74. The summed E-state index contributed by atoms with van der Waals surface area (Å²) < 4.78 is 51.9. The Balaban J connectivity index is 1.86. The predicted octanol–water partition coefficient (Wildman–Crippen LogP) is 4.73. The number of esters is 1. The van der Waals surface area contributed by atoms with Crippen LogP contribution in [-0.4, -0.2) is 20.1 Å². The van der Waals surface area contributed by atoms with Crippen LogP contribution in [0.15, 0.2) is 65.6 Å². The lowest BCUT2D eigenvalue weighted by molar-refractivity contribution is -0.128. The van der Waals surface area contributed by atoms with E-state index >= 15 is 0 Å². The molecule has 29 heavy (non-hydrogen) atoms. The summed E-state index contributed by atoms with van der Waals surface area (Å²) in [6.07, 6.45) is 3.88. The van der Waals surface area contributed by atoms with Gasteiger partial charge in [-0.15, -0.1) is 0 Å². The molecule has 0 saturated heterocycles. The normalized spacial score (nSPS) is 15.3. The number of para-hydroxylation sites is 1. The van der Waals surface area contributed by atoms with Gasteiger partial charge in [0.1, 0.15) is 5.76 Å². The largest absolute Gasteiger partial charge is 0.501 e. The minimum Gasteiger partial charge on any atom is -0.501 e. The molecule has 0 aromatic heterocycles. The van der Waals surface area contributed by atoms with Gasteiger partial charge in [-0.25, -0.2) is 13.6 Å². The Kier molecular flexibility index (Phi) is 4.66. The molecule has 148 valence electrons. The van der Waals surface area contributed by atoms with E-state index in [9.17, 15) is 18.0 Å². The molecule has 4 nitrogen and oxygen atoms in total. The average Bonchev–Trinajstić information content (AvgIpc) is 2.73. The lowest BCUT2D eigenvalue weighted by atomic mass is 9.87. The van der Waals surface area contributed by atoms with Gasteiger partial charge in [0.2, 0.25) is 11.6 Å². The first kappa shape index (κ1) is 18.9. The molecule has 0 N–H and O–H groups in total. The number of rotatable bonds is 3. The summed E-state index contributed by atoms with van der Waals surface area (Å²) in [5.74, 6) is -5.46.